The summed E-state index contributed by atoms with van der Waals surface area (Å²) in [5.74, 6) is 1.02. The first-order valence-electron chi connectivity index (χ1n) is 5.74. The quantitative estimate of drug-likeness (QED) is 0.854. The highest BCUT2D eigenvalue weighted by Gasteiger charge is 2.20. The van der Waals surface area contributed by atoms with Crippen molar-refractivity contribution in [3.05, 3.63) is 34.3 Å². The van der Waals surface area contributed by atoms with Gasteiger partial charge in [0.2, 0.25) is 0 Å². The molecule has 1 nitrogen and oxygen atoms in total. The number of rotatable bonds is 5. The Labute approximate surface area is 100 Å². The highest BCUT2D eigenvalue weighted by Crippen LogP contribution is 2.31. The Kier molecular flexibility index (Phi) is 3.81. The molecule has 0 amide bonds. The van der Waals surface area contributed by atoms with Gasteiger partial charge in [-0.05, 0) is 43.5 Å². The topological polar surface area (TPSA) is 12.0 Å². The van der Waals surface area contributed by atoms with Crippen LogP contribution in [0, 0.1) is 5.92 Å². The smallest absolute Gasteiger partial charge is 0.0291 e. The molecule has 1 aliphatic rings. The Morgan fingerprint density at radius 2 is 2.00 bits per heavy atom. The van der Waals surface area contributed by atoms with Crippen molar-refractivity contribution in [3.8, 4) is 0 Å². The summed E-state index contributed by atoms with van der Waals surface area (Å²) in [6, 6.07) is 9.04. The summed E-state index contributed by atoms with van der Waals surface area (Å²) in [6.07, 6.45) is 4.25. The summed E-state index contributed by atoms with van der Waals surface area (Å²) in [7, 11) is 0. The van der Waals surface area contributed by atoms with Crippen LogP contribution in [0.2, 0.25) is 0 Å². The van der Waals surface area contributed by atoms with Gasteiger partial charge in [0.05, 0.1) is 0 Å². The predicted octanol–water partition coefficient (Wildman–Crippen LogP) is 3.90. The molecule has 1 N–H and O–H groups in total. The second kappa shape index (κ2) is 5.13. The normalized spacial score (nSPS) is 17.7. The van der Waals surface area contributed by atoms with Crippen molar-refractivity contribution < 1.29 is 0 Å². The van der Waals surface area contributed by atoms with E-state index in [-0.39, 0.29) is 0 Å². The molecule has 1 fully saturated rings. The van der Waals surface area contributed by atoms with E-state index in [2.05, 4.69) is 52.4 Å². The van der Waals surface area contributed by atoms with E-state index in [0.717, 1.165) is 16.9 Å². The molecule has 0 heterocycles. The van der Waals surface area contributed by atoms with Crippen molar-refractivity contribution in [2.24, 2.45) is 5.92 Å². The molecule has 1 saturated carbocycles. The Hall–Kier alpha value is -0.340. The highest BCUT2D eigenvalue weighted by molar-refractivity contribution is 9.10. The second-order valence-corrected chi connectivity index (χ2v) is 5.38. The van der Waals surface area contributed by atoms with Gasteiger partial charge in [-0.2, -0.15) is 0 Å². The predicted molar refractivity (Wildman–Crippen MR) is 67.9 cm³/mol. The summed E-state index contributed by atoms with van der Waals surface area (Å²) < 4.78 is 1.15. The van der Waals surface area contributed by atoms with Gasteiger partial charge in [-0.15, -0.1) is 0 Å². The van der Waals surface area contributed by atoms with Crippen LogP contribution in [0.3, 0.4) is 0 Å². The standard InChI is InChI=1S/C13H18BrN/c1-10(15-9-8-11-2-3-11)12-4-6-13(14)7-5-12/h4-7,10-11,15H,2-3,8-9H2,1H3. The minimum Gasteiger partial charge on any atom is -0.310 e. The fraction of sp³-hybridized carbons (Fsp3) is 0.538. The molecule has 0 saturated heterocycles. The second-order valence-electron chi connectivity index (χ2n) is 4.46. The third-order valence-electron chi connectivity index (χ3n) is 3.07. The van der Waals surface area contributed by atoms with Crippen molar-refractivity contribution in [3.63, 3.8) is 0 Å². The van der Waals surface area contributed by atoms with E-state index in [9.17, 15) is 0 Å². The molecule has 82 valence electrons. The van der Waals surface area contributed by atoms with Crippen LogP contribution >= 0.6 is 15.9 Å². The third-order valence-corrected chi connectivity index (χ3v) is 3.60. The lowest BCUT2D eigenvalue weighted by molar-refractivity contribution is 0.539. The van der Waals surface area contributed by atoms with E-state index >= 15 is 0 Å². The van der Waals surface area contributed by atoms with Crippen LogP contribution in [0.4, 0.5) is 0 Å². The van der Waals surface area contributed by atoms with Gasteiger partial charge >= 0.3 is 0 Å². The molecule has 2 rings (SSSR count). The van der Waals surface area contributed by atoms with Crippen molar-refractivity contribution in [2.75, 3.05) is 6.54 Å². The van der Waals surface area contributed by atoms with Gasteiger partial charge in [0.1, 0.15) is 0 Å². The molecule has 0 radical (unpaired) electrons. The van der Waals surface area contributed by atoms with Crippen molar-refractivity contribution in [2.45, 2.75) is 32.2 Å². The average molecular weight is 268 g/mol. The molecule has 0 aromatic heterocycles. The van der Waals surface area contributed by atoms with E-state index in [1.165, 1.54) is 24.8 Å². The minimum absolute atomic E-state index is 0.469. The van der Waals surface area contributed by atoms with E-state index in [4.69, 9.17) is 0 Å². The van der Waals surface area contributed by atoms with E-state index < -0.39 is 0 Å². The summed E-state index contributed by atoms with van der Waals surface area (Å²) >= 11 is 3.45. The van der Waals surface area contributed by atoms with Crippen molar-refractivity contribution >= 4 is 15.9 Å². The lowest BCUT2D eigenvalue weighted by atomic mass is 10.1. The first-order valence-corrected chi connectivity index (χ1v) is 6.54. The molecule has 2 heteroatoms. The van der Waals surface area contributed by atoms with Gasteiger partial charge in [0, 0.05) is 10.5 Å². The molecule has 0 aliphatic heterocycles. The first-order chi connectivity index (χ1) is 7.25. The van der Waals surface area contributed by atoms with Crippen LogP contribution in [-0.4, -0.2) is 6.54 Å². The summed E-state index contributed by atoms with van der Waals surface area (Å²) in [5, 5.41) is 3.57. The molecule has 0 bridgehead atoms. The lowest BCUT2D eigenvalue weighted by Gasteiger charge is -2.14. The number of benzene rings is 1. The highest BCUT2D eigenvalue weighted by atomic mass is 79.9. The molecular weight excluding hydrogens is 250 g/mol. The van der Waals surface area contributed by atoms with E-state index in [0.29, 0.717) is 6.04 Å². The van der Waals surface area contributed by atoms with E-state index in [1.54, 1.807) is 0 Å². The molecule has 15 heavy (non-hydrogen) atoms. The Morgan fingerprint density at radius 1 is 1.33 bits per heavy atom. The van der Waals surface area contributed by atoms with Gasteiger partial charge < -0.3 is 5.32 Å². The van der Waals surface area contributed by atoms with Crippen LogP contribution in [-0.2, 0) is 0 Å². The van der Waals surface area contributed by atoms with E-state index in [1.807, 2.05) is 0 Å². The SMILES string of the molecule is CC(NCCC1CC1)c1ccc(Br)cc1. The number of hydrogen-bond donors (Lipinski definition) is 1. The summed E-state index contributed by atoms with van der Waals surface area (Å²) in [6.45, 7) is 3.39. The lowest BCUT2D eigenvalue weighted by Crippen LogP contribution is -2.20. The summed E-state index contributed by atoms with van der Waals surface area (Å²) in [5.41, 5.74) is 1.37. The number of hydrogen-bond acceptors (Lipinski definition) is 1. The molecular formula is C13H18BrN. The average Bonchev–Trinajstić information content (AvgIpc) is 3.02. The summed E-state index contributed by atoms with van der Waals surface area (Å²) in [4.78, 5) is 0. The van der Waals surface area contributed by atoms with Crippen LogP contribution in [0.5, 0.6) is 0 Å². The maximum Gasteiger partial charge on any atom is 0.0291 e. The fourth-order valence-electron chi connectivity index (χ4n) is 1.78. The maximum absolute atomic E-state index is 3.57. The van der Waals surface area contributed by atoms with Gasteiger partial charge in [-0.3, -0.25) is 0 Å². The Balaban J connectivity index is 1.78. The fourth-order valence-corrected chi connectivity index (χ4v) is 2.04. The van der Waals surface area contributed by atoms with Crippen LogP contribution in [0.1, 0.15) is 37.8 Å². The zero-order chi connectivity index (χ0) is 10.7. The zero-order valence-corrected chi connectivity index (χ0v) is 10.8. The Morgan fingerprint density at radius 3 is 2.60 bits per heavy atom. The minimum atomic E-state index is 0.469. The molecule has 0 spiro atoms. The van der Waals surface area contributed by atoms with Gasteiger partial charge in [-0.1, -0.05) is 40.9 Å². The molecule has 1 unspecified atom stereocenters. The maximum atomic E-state index is 3.57. The molecule has 1 aliphatic carbocycles. The third kappa shape index (κ3) is 3.62. The zero-order valence-electron chi connectivity index (χ0n) is 9.17. The van der Waals surface area contributed by atoms with Gasteiger partial charge in [-0.25, -0.2) is 0 Å². The van der Waals surface area contributed by atoms with Crippen LogP contribution in [0.25, 0.3) is 0 Å². The molecule has 1 atom stereocenters. The van der Waals surface area contributed by atoms with Crippen LogP contribution < -0.4 is 5.32 Å². The first kappa shape index (κ1) is 11.2. The monoisotopic (exact) mass is 267 g/mol. The number of nitrogens with one attached hydrogen (secondary N) is 1. The molecule has 1 aromatic carbocycles. The molecule has 1 aromatic rings. The van der Waals surface area contributed by atoms with Crippen LogP contribution in [0.15, 0.2) is 28.7 Å². The largest absolute Gasteiger partial charge is 0.310 e. The van der Waals surface area contributed by atoms with Gasteiger partial charge in [0.15, 0.2) is 0 Å². The number of halogens is 1. The van der Waals surface area contributed by atoms with Crippen molar-refractivity contribution in [1.29, 1.82) is 0 Å². The van der Waals surface area contributed by atoms with Crippen molar-refractivity contribution in [1.82, 2.24) is 5.32 Å². The van der Waals surface area contributed by atoms with Gasteiger partial charge in [0.25, 0.3) is 0 Å². The Bertz CT molecular complexity index is 303.